The molecule has 2 aliphatic heterocycles. The smallest absolute Gasteiger partial charge is 0.336 e. The fourth-order valence-corrected chi connectivity index (χ4v) is 4.03. The van der Waals surface area contributed by atoms with Crippen molar-refractivity contribution >= 4 is 22.9 Å². The maximum Gasteiger partial charge on any atom is 0.336 e. The number of amides is 3. The summed E-state index contributed by atoms with van der Waals surface area (Å²) in [5.41, 5.74) is 1.77. The van der Waals surface area contributed by atoms with Gasteiger partial charge in [0.25, 0.3) is 5.91 Å². The molecule has 1 atom stereocenters. The van der Waals surface area contributed by atoms with E-state index >= 15 is 0 Å². The Hall–Kier alpha value is -3.81. The van der Waals surface area contributed by atoms with Gasteiger partial charge in [-0.3, -0.25) is 9.69 Å². The Bertz CT molecular complexity index is 1330. The van der Waals surface area contributed by atoms with Gasteiger partial charge in [0.15, 0.2) is 11.5 Å². The third kappa shape index (κ3) is 2.94. The van der Waals surface area contributed by atoms with Crippen LogP contribution in [0.2, 0.25) is 0 Å². The second kappa shape index (κ2) is 6.60. The number of urea groups is 1. The molecule has 2 aliphatic rings. The van der Waals surface area contributed by atoms with E-state index in [2.05, 4.69) is 5.32 Å². The van der Waals surface area contributed by atoms with Crippen molar-refractivity contribution < 1.29 is 23.5 Å². The number of rotatable bonds is 3. The van der Waals surface area contributed by atoms with Gasteiger partial charge in [-0.1, -0.05) is 6.07 Å². The topological polar surface area (TPSA) is 98.1 Å². The molecule has 1 unspecified atom stereocenters. The Morgan fingerprint density at radius 3 is 2.55 bits per heavy atom. The van der Waals surface area contributed by atoms with Crippen molar-refractivity contribution in [2.45, 2.75) is 32.9 Å². The fraction of sp³-hybridized carbons (Fsp3) is 0.261. The van der Waals surface area contributed by atoms with Gasteiger partial charge in [-0.15, -0.1) is 0 Å². The average Bonchev–Trinajstić information content (AvgIpc) is 3.27. The van der Waals surface area contributed by atoms with E-state index in [9.17, 15) is 14.4 Å². The quantitative estimate of drug-likeness (QED) is 0.517. The molecule has 3 heterocycles. The molecule has 1 aromatic heterocycles. The van der Waals surface area contributed by atoms with Crippen LogP contribution in [0, 0.1) is 13.8 Å². The first kappa shape index (κ1) is 19.2. The highest BCUT2D eigenvalue weighted by Crippen LogP contribution is 2.38. The van der Waals surface area contributed by atoms with Gasteiger partial charge in [0, 0.05) is 11.5 Å². The van der Waals surface area contributed by atoms with Crippen molar-refractivity contribution in [1.82, 2.24) is 10.2 Å². The van der Waals surface area contributed by atoms with Crippen molar-refractivity contribution in [3.05, 3.63) is 69.1 Å². The molecule has 3 aromatic rings. The van der Waals surface area contributed by atoms with Crippen molar-refractivity contribution in [3.63, 3.8) is 0 Å². The first-order valence-electron chi connectivity index (χ1n) is 9.84. The normalized spacial score (nSPS) is 19.9. The molecule has 1 fully saturated rings. The zero-order valence-electron chi connectivity index (χ0n) is 17.3. The Balaban J connectivity index is 1.53. The average molecular weight is 420 g/mol. The highest BCUT2D eigenvalue weighted by Gasteiger charge is 2.49. The summed E-state index contributed by atoms with van der Waals surface area (Å²) in [4.78, 5) is 39.4. The number of ether oxygens (including phenoxy) is 2. The zero-order valence-corrected chi connectivity index (χ0v) is 17.3. The zero-order chi connectivity index (χ0) is 21.9. The van der Waals surface area contributed by atoms with Crippen LogP contribution in [0.4, 0.5) is 4.79 Å². The lowest BCUT2D eigenvalue weighted by Crippen LogP contribution is -2.40. The summed E-state index contributed by atoms with van der Waals surface area (Å²) in [6.07, 6.45) is 0. The Labute approximate surface area is 177 Å². The van der Waals surface area contributed by atoms with Gasteiger partial charge < -0.3 is 19.2 Å². The van der Waals surface area contributed by atoms with Gasteiger partial charge in [-0.05, 0) is 67.3 Å². The summed E-state index contributed by atoms with van der Waals surface area (Å²) < 4.78 is 16.1. The molecule has 1 N–H and O–H groups in total. The van der Waals surface area contributed by atoms with Crippen molar-refractivity contribution in [2.24, 2.45) is 0 Å². The lowest BCUT2D eigenvalue weighted by Gasteiger charge is -2.22. The van der Waals surface area contributed by atoms with Crippen LogP contribution in [0.1, 0.15) is 29.2 Å². The number of nitrogens with one attached hydrogen (secondary N) is 1. The molecular formula is C23H20N2O6. The van der Waals surface area contributed by atoms with Crippen LogP contribution in [0.3, 0.4) is 0 Å². The largest absolute Gasteiger partial charge is 0.454 e. The predicted octanol–water partition coefficient (Wildman–Crippen LogP) is 3.11. The van der Waals surface area contributed by atoms with Gasteiger partial charge in [-0.25, -0.2) is 9.59 Å². The van der Waals surface area contributed by atoms with Crippen LogP contribution in [-0.4, -0.2) is 23.6 Å². The third-order valence-electron chi connectivity index (χ3n) is 6.00. The van der Waals surface area contributed by atoms with Gasteiger partial charge in [0.05, 0.1) is 6.54 Å². The number of fused-ring (bicyclic) bond motifs is 2. The number of carbonyl (C=O) groups excluding carboxylic acids is 2. The van der Waals surface area contributed by atoms with E-state index in [0.717, 1.165) is 16.0 Å². The van der Waals surface area contributed by atoms with Crippen molar-refractivity contribution in [1.29, 1.82) is 0 Å². The molecule has 0 spiro atoms. The Morgan fingerprint density at radius 2 is 1.74 bits per heavy atom. The maximum atomic E-state index is 13.4. The van der Waals surface area contributed by atoms with Gasteiger partial charge in [0.2, 0.25) is 6.79 Å². The number of hydrogen-bond acceptors (Lipinski definition) is 6. The summed E-state index contributed by atoms with van der Waals surface area (Å²) in [6, 6.07) is 9.63. The SMILES string of the molecule is Cc1cc2oc(=O)cc(CN3C(=O)NC(C)(c4ccc5c(c4)OCO5)C3=O)c2cc1C. The standard InChI is InChI=1S/C23H20N2O6/c1-12-6-16-14(8-20(26)31-18(16)7-13(12)2)10-25-21(27)23(3,24-22(25)28)15-4-5-17-19(9-15)30-11-29-17/h4-9H,10-11H2,1-3H3,(H,24,28). The molecule has 0 saturated carbocycles. The summed E-state index contributed by atoms with van der Waals surface area (Å²) in [6.45, 7) is 5.60. The van der Waals surface area contributed by atoms with Crippen LogP contribution in [0.25, 0.3) is 11.0 Å². The number of imide groups is 1. The van der Waals surface area contributed by atoms with Gasteiger partial charge in [-0.2, -0.15) is 0 Å². The van der Waals surface area contributed by atoms with E-state index in [1.165, 1.54) is 6.07 Å². The monoisotopic (exact) mass is 420 g/mol. The van der Waals surface area contributed by atoms with Crippen LogP contribution in [0.5, 0.6) is 11.5 Å². The highest BCUT2D eigenvalue weighted by molar-refractivity contribution is 6.07. The lowest BCUT2D eigenvalue weighted by atomic mass is 9.91. The lowest BCUT2D eigenvalue weighted by molar-refractivity contribution is -0.131. The van der Waals surface area contributed by atoms with Crippen LogP contribution >= 0.6 is 0 Å². The molecule has 158 valence electrons. The van der Waals surface area contributed by atoms with E-state index in [1.807, 2.05) is 19.9 Å². The number of aryl methyl sites for hydroxylation is 2. The summed E-state index contributed by atoms with van der Waals surface area (Å²) >= 11 is 0. The molecule has 31 heavy (non-hydrogen) atoms. The minimum atomic E-state index is -1.26. The Kier molecular flexibility index (Phi) is 4.08. The van der Waals surface area contributed by atoms with Crippen LogP contribution < -0.4 is 20.4 Å². The van der Waals surface area contributed by atoms with E-state index in [0.29, 0.717) is 33.6 Å². The minimum absolute atomic E-state index is 0.0462. The number of hydrogen-bond donors (Lipinski definition) is 1. The van der Waals surface area contributed by atoms with E-state index in [1.54, 1.807) is 31.2 Å². The highest BCUT2D eigenvalue weighted by atomic mass is 16.7. The van der Waals surface area contributed by atoms with Crippen LogP contribution in [-0.2, 0) is 16.9 Å². The third-order valence-corrected chi connectivity index (χ3v) is 6.00. The van der Waals surface area contributed by atoms with Gasteiger partial charge in [0.1, 0.15) is 11.1 Å². The number of nitrogens with zero attached hydrogens (tertiary/aromatic N) is 1. The minimum Gasteiger partial charge on any atom is -0.454 e. The summed E-state index contributed by atoms with van der Waals surface area (Å²) in [5, 5.41) is 3.47. The van der Waals surface area contributed by atoms with E-state index in [-0.39, 0.29) is 13.3 Å². The van der Waals surface area contributed by atoms with E-state index in [4.69, 9.17) is 13.9 Å². The first-order chi connectivity index (χ1) is 14.8. The molecule has 8 nitrogen and oxygen atoms in total. The number of carbonyl (C=O) groups is 2. The first-order valence-corrected chi connectivity index (χ1v) is 9.84. The molecule has 8 heteroatoms. The van der Waals surface area contributed by atoms with Crippen molar-refractivity contribution in [3.8, 4) is 11.5 Å². The molecular weight excluding hydrogens is 400 g/mol. The van der Waals surface area contributed by atoms with E-state index < -0.39 is 23.1 Å². The molecule has 2 aromatic carbocycles. The molecule has 0 radical (unpaired) electrons. The second-order valence-electron chi connectivity index (χ2n) is 8.04. The molecule has 3 amide bonds. The Morgan fingerprint density at radius 1 is 1.00 bits per heavy atom. The van der Waals surface area contributed by atoms with Crippen LogP contribution in [0.15, 0.2) is 45.6 Å². The maximum absolute atomic E-state index is 13.4. The van der Waals surface area contributed by atoms with Crippen molar-refractivity contribution in [2.75, 3.05) is 6.79 Å². The molecule has 1 saturated heterocycles. The fourth-order valence-electron chi connectivity index (χ4n) is 4.03. The van der Waals surface area contributed by atoms with Gasteiger partial charge >= 0.3 is 11.7 Å². The summed E-state index contributed by atoms with van der Waals surface area (Å²) in [5.74, 6) is 0.701. The number of benzene rings is 2. The molecule has 0 aliphatic carbocycles. The second-order valence-corrected chi connectivity index (χ2v) is 8.04. The predicted molar refractivity (Wildman–Crippen MR) is 111 cm³/mol. The summed E-state index contributed by atoms with van der Waals surface area (Å²) in [7, 11) is 0. The molecule has 5 rings (SSSR count). The molecule has 0 bridgehead atoms.